The molecule has 0 spiro atoms. The van der Waals surface area contributed by atoms with Gasteiger partial charge in [-0.15, -0.1) is 0 Å². The maximum Gasteiger partial charge on any atom is 0.170 e. The highest BCUT2D eigenvalue weighted by atomic mass is 19.1. The standard InChI is InChI=1S/C22H22F2O6/c1-3-13-15(23)7-12(8-16(13)24)11-4-5-14(10(2)6-11)18(26)22-21(29)20(28)19(27)17(9-25)30-22/h3-8,17-20,25-29H,1,9H2,2H3/t17?,18-,19-,20?/m1/s1. The average Bonchev–Trinajstić information content (AvgIpc) is 2.71. The number of aliphatic hydroxyl groups is 5. The Morgan fingerprint density at radius 1 is 1.13 bits per heavy atom. The smallest absolute Gasteiger partial charge is 0.170 e. The van der Waals surface area contributed by atoms with Crippen molar-refractivity contribution >= 4 is 6.08 Å². The van der Waals surface area contributed by atoms with E-state index in [1.807, 2.05) is 0 Å². The van der Waals surface area contributed by atoms with Crippen molar-refractivity contribution in [1.29, 1.82) is 0 Å². The topological polar surface area (TPSA) is 110 Å². The van der Waals surface area contributed by atoms with Gasteiger partial charge >= 0.3 is 0 Å². The fourth-order valence-electron chi connectivity index (χ4n) is 3.40. The largest absolute Gasteiger partial charge is 0.506 e. The zero-order valence-electron chi connectivity index (χ0n) is 16.1. The molecule has 8 heteroatoms. The van der Waals surface area contributed by atoms with Gasteiger partial charge in [0.2, 0.25) is 0 Å². The van der Waals surface area contributed by atoms with Crippen LogP contribution < -0.4 is 0 Å². The first-order chi connectivity index (χ1) is 14.2. The molecule has 6 nitrogen and oxygen atoms in total. The van der Waals surface area contributed by atoms with Crippen LogP contribution in [0.5, 0.6) is 0 Å². The summed E-state index contributed by atoms with van der Waals surface area (Å²) in [6.45, 7) is 4.38. The Bertz CT molecular complexity index is 980. The number of hydrogen-bond acceptors (Lipinski definition) is 6. The molecule has 1 aliphatic rings. The van der Waals surface area contributed by atoms with E-state index in [2.05, 4.69) is 6.58 Å². The molecular weight excluding hydrogens is 398 g/mol. The van der Waals surface area contributed by atoms with Gasteiger partial charge in [0.15, 0.2) is 17.6 Å². The van der Waals surface area contributed by atoms with Gasteiger partial charge in [-0.05, 0) is 41.3 Å². The summed E-state index contributed by atoms with van der Waals surface area (Å²) in [5.74, 6) is -2.65. The zero-order valence-corrected chi connectivity index (χ0v) is 16.1. The third-order valence-corrected chi connectivity index (χ3v) is 5.12. The molecule has 0 saturated heterocycles. The minimum absolute atomic E-state index is 0.224. The summed E-state index contributed by atoms with van der Waals surface area (Å²) >= 11 is 0. The summed E-state index contributed by atoms with van der Waals surface area (Å²) in [4.78, 5) is 0. The summed E-state index contributed by atoms with van der Waals surface area (Å²) in [6.07, 6.45) is -4.93. The van der Waals surface area contributed by atoms with Gasteiger partial charge in [-0.25, -0.2) is 8.78 Å². The highest BCUT2D eigenvalue weighted by Gasteiger charge is 2.40. The van der Waals surface area contributed by atoms with E-state index >= 15 is 0 Å². The highest BCUT2D eigenvalue weighted by molar-refractivity contribution is 5.67. The van der Waals surface area contributed by atoms with Gasteiger partial charge in [-0.1, -0.05) is 30.9 Å². The number of rotatable bonds is 5. The minimum atomic E-state index is -1.73. The number of aryl methyl sites for hydroxylation is 1. The molecule has 3 rings (SSSR count). The summed E-state index contributed by atoms with van der Waals surface area (Å²) in [6, 6.07) is 6.96. The molecule has 2 aromatic rings. The molecule has 0 aromatic heterocycles. The molecule has 0 bridgehead atoms. The van der Waals surface area contributed by atoms with Crippen LogP contribution in [0.25, 0.3) is 17.2 Å². The van der Waals surface area contributed by atoms with Crippen molar-refractivity contribution in [2.45, 2.75) is 31.3 Å². The molecule has 160 valence electrons. The summed E-state index contributed by atoms with van der Waals surface area (Å²) < 4.78 is 33.4. The maximum absolute atomic E-state index is 14.1. The molecule has 4 atom stereocenters. The first kappa shape index (κ1) is 21.9. The van der Waals surface area contributed by atoms with Crippen LogP contribution in [-0.2, 0) is 4.74 Å². The normalized spacial score (nSPS) is 22.6. The van der Waals surface area contributed by atoms with Crippen molar-refractivity contribution in [3.05, 3.63) is 76.8 Å². The highest BCUT2D eigenvalue weighted by Crippen LogP contribution is 2.35. The van der Waals surface area contributed by atoms with E-state index in [0.29, 0.717) is 16.7 Å². The van der Waals surface area contributed by atoms with Gasteiger partial charge < -0.3 is 30.3 Å². The fourth-order valence-corrected chi connectivity index (χ4v) is 3.40. The monoisotopic (exact) mass is 420 g/mol. The molecule has 1 aliphatic heterocycles. The van der Waals surface area contributed by atoms with Crippen molar-refractivity contribution < 1.29 is 39.1 Å². The van der Waals surface area contributed by atoms with E-state index in [4.69, 9.17) is 4.74 Å². The number of aliphatic hydroxyl groups excluding tert-OH is 5. The van der Waals surface area contributed by atoms with E-state index in [1.165, 1.54) is 24.3 Å². The molecule has 30 heavy (non-hydrogen) atoms. The lowest BCUT2D eigenvalue weighted by atomic mass is 9.93. The van der Waals surface area contributed by atoms with E-state index in [-0.39, 0.29) is 11.1 Å². The zero-order chi connectivity index (χ0) is 22.2. The second-order valence-electron chi connectivity index (χ2n) is 7.06. The number of benzene rings is 2. The van der Waals surface area contributed by atoms with E-state index in [0.717, 1.165) is 6.08 Å². The van der Waals surface area contributed by atoms with Gasteiger partial charge in [0.1, 0.15) is 29.9 Å². The lowest BCUT2D eigenvalue weighted by Crippen LogP contribution is -2.47. The van der Waals surface area contributed by atoms with Crippen LogP contribution in [0.15, 0.2) is 48.4 Å². The van der Waals surface area contributed by atoms with Crippen molar-refractivity contribution in [3.63, 3.8) is 0 Å². The fraction of sp³-hybridized carbons (Fsp3) is 0.273. The molecular formula is C22H22F2O6. The Balaban J connectivity index is 1.97. The second-order valence-corrected chi connectivity index (χ2v) is 7.06. The lowest BCUT2D eigenvalue weighted by Gasteiger charge is -2.34. The lowest BCUT2D eigenvalue weighted by molar-refractivity contribution is -0.123. The summed E-state index contributed by atoms with van der Waals surface area (Å²) in [7, 11) is 0. The molecule has 2 aromatic carbocycles. The Labute approximate surface area is 171 Å². The van der Waals surface area contributed by atoms with Crippen molar-refractivity contribution in [2.75, 3.05) is 6.61 Å². The number of hydrogen-bond donors (Lipinski definition) is 5. The quantitative estimate of drug-likeness (QED) is 0.509. The Kier molecular flexibility index (Phi) is 6.23. The molecule has 2 unspecified atom stereocenters. The minimum Gasteiger partial charge on any atom is -0.506 e. The van der Waals surface area contributed by atoms with Crippen LogP contribution >= 0.6 is 0 Å². The molecule has 0 aliphatic carbocycles. The van der Waals surface area contributed by atoms with Gasteiger partial charge in [0.25, 0.3) is 0 Å². The van der Waals surface area contributed by atoms with Crippen molar-refractivity contribution in [2.24, 2.45) is 0 Å². The van der Waals surface area contributed by atoms with Crippen LogP contribution in [0, 0.1) is 18.6 Å². The third kappa shape index (κ3) is 3.82. The molecule has 0 saturated carbocycles. The molecule has 0 radical (unpaired) electrons. The first-order valence-electron chi connectivity index (χ1n) is 9.16. The van der Waals surface area contributed by atoms with Crippen LogP contribution in [0.3, 0.4) is 0 Å². The Hall–Kier alpha value is -2.78. The third-order valence-electron chi connectivity index (χ3n) is 5.12. The predicted octanol–water partition coefficient (Wildman–Crippen LogP) is 2.50. The molecule has 0 fully saturated rings. The van der Waals surface area contributed by atoms with E-state index < -0.39 is 54.2 Å². The maximum atomic E-state index is 14.1. The van der Waals surface area contributed by atoms with Gasteiger partial charge in [-0.2, -0.15) is 0 Å². The molecule has 0 amide bonds. The number of ether oxygens (including phenoxy) is 1. The summed E-state index contributed by atoms with van der Waals surface area (Å²) in [5, 5.41) is 49.8. The second kappa shape index (κ2) is 8.53. The van der Waals surface area contributed by atoms with Crippen LogP contribution in [0.1, 0.15) is 22.8 Å². The van der Waals surface area contributed by atoms with Crippen LogP contribution in [0.4, 0.5) is 8.78 Å². The van der Waals surface area contributed by atoms with Crippen LogP contribution in [0.2, 0.25) is 0 Å². The van der Waals surface area contributed by atoms with Gasteiger partial charge in [-0.3, -0.25) is 0 Å². The Morgan fingerprint density at radius 2 is 1.77 bits per heavy atom. The summed E-state index contributed by atoms with van der Waals surface area (Å²) in [5.41, 5.74) is 1.36. The molecule has 1 heterocycles. The molecule has 5 N–H and O–H groups in total. The van der Waals surface area contributed by atoms with Gasteiger partial charge in [0, 0.05) is 5.56 Å². The van der Waals surface area contributed by atoms with Gasteiger partial charge in [0.05, 0.1) is 6.61 Å². The number of halogens is 2. The van der Waals surface area contributed by atoms with Crippen LogP contribution in [-0.4, -0.2) is 50.5 Å². The first-order valence-corrected chi connectivity index (χ1v) is 9.16. The van der Waals surface area contributed by atoms with E-state index in [1.54, 1.807) is 13.0 Å². The predicted molar refractivity (Wildman–Crippen MR) is 105 cm³/mol. The average molecular weight is 420 g/mol. The van der Waals surface area contributed by atoms with Crippen molar-refractivity contribution in [1.82, 2.24) is 0 Å². The van der Waals surface area contributed by atoms with Crippen molar-refractivity contribution in [3.8, 4) is 11.1 Å². The Morgan fingerprint density at radius 3 is 2.30 bits per heavy atom. The SMILES string of the molecule is C=Cc1c(F)cc(-c2ccc([C@@H](O)C3=C(O)C(O)[C@H](O)C(CO)O3)c(C)c2)cc1F. The van der Waals surface area contributed by atoms with E-state index in [9.17, 15) is 34.3 Å².